The molecule has 2 fully saturated rings. The van der Waals surface area contributed by atoms with Gasteiger partial charge in [0, 0.05) is 6.92 Å². The van der Waals surface area contributed by atoms with Crippen LogP contribution in [0.2, 0.25) is 0 Å². The van der Waals surface area contributed by atoms with Crippen molar-refractivity contribution in [2.24, 2.45) is 0 Å². The fourth-order valence-electron chi connectivity index (χ4n) is 3.51. The van der Waals surface area contributed by atoms with Crippen molar-refractivity contribution in [3.63, 3.8) is 0 Å². The van der Waals surface area contributed by atoms with E-state index in [1.165, 1.54) is 0 Å². The number of amides is 1. The van der Waals surface area contributed by atoms with Crippen LogP contribution >= 0.6 is 7.82 Å². The van der Waals surface area contributed by atoms with E-state index >= 15 is 0 Å². The zero-order chi connectivity index (χ0) is 26.5. The van der Waals surface area contributed by atoms with E-state index in [1.807, 2.05) is 0 Å². The molecule has 10 N–H and O–H groups in total. The van der Waals surface area contributed by atoms with E-state index in [0.29, 0.717) is 0 Å². The number of carbonyl (C=O) groups excluding carboxylic acids is 1. The summed E-state index contributed by atoms with van der Waals surface area (Å²) in [6, 6.07) is -1.44. The maximum absolute atomic E-state index is 11.6. The Morgan fingerprint density at radius 1 is 1.00 bits per heavy atom. The zero-order valence-electron chi connectivity index (χ0n) is 18.5. The molecule has 17 nitrogen and oxygen atoms in total. The Balaban J connectivity index is 2.28. The van der Waals surface area contributed by atoms with E-state index in [4.69, 9.17) is 33.8 Å². The number of hydrogen-bond donors (Lipinski definition) is 10. The minimum Gasteiger partial charge on any atom is -0.394 e. The van der Waals surface area contributed by atoms with Crippen molar-refractivity contribution >= 4 is 13.7 Å². The third-order valence-corrected chi connectivity index (χ3v) is 5.74. The van der Waals surface area contributed by atoms with Crippen LogP contribution in [0.25, 0.3) is 0 Å². The highest BCUT2D eigenvalue weighted by Crippen LogP contribution is 2.37. The number of carbonyl (C=O) groups is 1. The van der Waals surface area contributed by atoms with Crippen molar-refractivity contribution in [3.8, 4) is 0 Å². The summed E-state index contributed by atoms with van der Waals surface area (Å²) in [5, 5.41) is 72.1. The highest BCUT2D eigenvalue weighted by molar-refractivity contribution is 7.46. The molecular formula is C17H32NO16P. The van der Waals surface area contributed by atoms with Crippen LogP contribution in [-0.2, 0) is 32.8 Å². The Morgan fingerprint density at radius 3 is 2.17 bits per heavy atom. The summed E-state index contributed by atoms with van der Waals surface area (Å²) in [6.45, 7) is -1.83. The molecule has 0 spiro atoms. The van der Waals surface area contributed by atoms with Crippen LogP contribution in [0.1, 0.15) is 6.92 Å². The lowest BCUT2D eigenvalue weighted by Gasteiger charge is -2.47. The second-order valence-electron chi connectivity index (χ2n) is 8.01. The molecule has 11 atom stereocenters. The highest BCUT2D eigenvalue weighted by Gasteiger charge is 2.51. The molecule has 35 heavy (non-hydrogen) atoms. The first kappa shape index (κ1) is 30.4. The Kier molecular flexibility index (Phi) is 11.4. The van der Waals surface area contributed by atoms with Crippen molar-refractivity contribution in [3.05, 3.63) is 0 Å². The minimum absolute atomic E-state index is 0.556. The maximum Gasteiger partial charge on any atom is 0.469 e. The fourth-order valence-corrected chi connectivity index (χ4v) is 3.85. The van der Waals surface area contributed by atoms with E-state index in [2.05, 4.69) is 9.84 Å². The molecule has 2 aliphatic rings. The number of ether oxygens (including phenoxy) is 4. The largest absolute Gasteiger partial charge is 0.469 e. The fraction of sp³-hybridized carbons (Fsp3) is 0.941. The molecule has 2 saturated heterocycles. The number of hydrogen-bond acceptors (Lipinski definition) is 14. The Labute approximate surface area is 199 Å². The third-order valence-electron chi connectivity index (χ3n) is 5.25. The summed E-state index contributed by atoms with van der Waals surface area (Å²) in [5.41, 5.74) is 0. The molecule has 2 aliphatic heterocycles. The second kappa shape index (κ2) is 13.1. The minimum atomic E-state index is -5.01. The molecule has 0 aliphatic carbocycles. The lowest BCUT2D eigenvalue weighted by molar-refractivity contribution is -0.348. The van der Waals surface area contributed by atoms with E-state index < -0.39 is 108 Å². The third kappa shape index (κ3) is 8.32. The molecule has 0 unspecified atom stereocenters. The average Bonchev–Trinajstić information content (AvgIpc) is 2.78. The second-order valence-corrected chi connectivity index (χ2v) is 9.25. The molecule has 2 rings (SSSR count). The molecular weight excluding hydrogens is 505 g/mol. The monoisotopic (exact) mass is 537 g/mol. The van der Waals surface area contributed by atoms with Crippen molar-refractivity contribution in [2.45, 2.75) is 74.4 Å². The quantitative estimate of drug-likeness (QED) is 0.110. The topological polar surface area (TPSA) is 274 Å². The number of nitrogens with one attached hydrogen (secondary N) is 1. The van der Waals surface area contributed by atoms with Gasteiger partial charge in [-0.25, -0.2) is 4.57 Å². The van der Waals surface area contributed by atoms with Crippen LogP contribution in [0, 0.1) is 0 Å². The van der Waals surface area contributed by atoms with Crippen molar-refractivity contribution < 1.29 is 78.4 Å². The van der Waals surface area contributed by atoms with Gasteiger partial charge in [0.1, 0.15) is 54.9 Å². The first-order valence-corrected chi connectivity index (χ1v) is 12.0. The van der Waals surface area contributed by atoms with E-state index in [0.717, 1.165) is 6.92 Å². The summed E-state index contributed by atoms with van der Waals surface area (Å²) in [6.07, 6.45) is -16.4. The molecule has 206 valence electrons. The Morgan fingerprint density at radius 2 is 1.63 bits per heavy atom. The van der Waals surface area contributed by atoms with Gasteiger partial charge < -0.3 is 69.8 Å². The summed E-state index contributed by atoms with van der Waals surface area (Å²) >= 11 is 0. The van der Waals surface area contributed by atoms with E-state index in [-0.39, 0.29) is 0 Å². The van der Waals surface area contributed by atoms with Gasteiger partial charge in [0.2, 0.25) is 5.91 Å². The van der Waals surface area contributed by atoms with Crippen molar-refractivity contribution in [2.75, 3.05) is 26.4 Å². The molecule has 18 heteroatoms. The van der Waals surface area contributed by atoms with Gasteiger partial charge >= 0.3 is 7.82 Å². The predicted molar refractivity (Wildman–Crippen MR) is 108 cm³/mol. The zero-order valence-corrected chi connectivity index (χ0v) is 19.4. The molecule has 1 amide bonds. The summed E-state index contributed by atoms with van der Waals surface area (Å²) in [5.74, 6) is -0.666. The van der Waals surface area contributed by atoms with E-state index in [9.17, 15) is 40.0 Å². The first-order valence-electron chi connectivity index (χ1n) is 10.5. The molecule has 0 saturated carbocycles. The average molecular weight is 537 g/mol. The van der Waals surface area contributed by atoms with Crippen molar-refractivity contribution in [1.82, 2.24) is 5.32 Å². The Hall–Kier alpha value is -0.860. The highest BCUT2D eigenvalue weighted by atomic mass is 31.2. The molecule has 0 aromatic rings. The van der Waals surface area contributed by atoms with Gasteiger partial charge in [0.15, 0.2) is 12.6 Å². The molecule has 0 aromatic carbocycles. The number of phosphoric acid groups is 1. The van der Waals surface area contributed by atoms with Crippen LogP contribution in [0.3, 0.4) is 0 Å². The lowest BCUT2D eigenvalue weighted by atomic mass is 9.95. The SMILES string of the molecule is CC(=O)N[C@H]1[C@H](O[C@H]2[C@@H](O)[C@@H](COP(=O)(O)O)O[C@H](OC[C@H](O)CO)[C@@H]2O)O[C@H](CO)[C@H](O)[C@@H]1O. The molecule has 2 heterocycles. The van der Waals surface area contributed by atoms with Crippen LogP contribution in [0.15, 0.2) is 0 Å². The number of aliphatic hydroxyl groups is 7. The summed E-state index contributed by atoms with van der Waals surface area (Å²) in [4.78, 5) is 29.5. The molecule has 0 aromatic heterocycles. The number of rotatable bonds is 11. The summed E-state index contributed by atoms with van der Waals surface area (Å²) < 4.78 is 36.9. The van der Waals surface area contributed by atoms with Crippen LogP contribution in [0.5, 0.6) is 0 Å². The molecule has 0 bridgehead atoms. The summed E-state index contributed by atoms with van der Waals surface area (Å²) in [7, 11) is -5.01. The smallest absolute Gasteiger partial charge is 0.394 e. The van der Waals surface area contributed by atoms with Gasteiger partial charge in [0.05, 0.1) is 26.4 Å². The van der Waals surface area contributed by atoms with Gasteiger partial charge in [-0.1, -0.05) is 0 Å². The normalized spacial score (nSPS) is 39.3. The Bertz CT molecular complexity index is 724. The number of aliphatic hydroxyl groups excluding tert-OH is 7. The maximum atomic E-state index is 11.6. The van der Waals surface area contributed by atoms with Gasteiger partial charge in [-0.05, 0) is 0 Å². The lowest BCUT2D eigenvalue weighted by Crippen LogP contribution is -2.67. The standard InChI is InChI=1S/C17H32NO16P/c1-6(21)18-10-13(25)11(23)8(3-20)32-16(10)34-15-12(24)9(5-31-35(27,28)29)33-17(14(15)26)30-4-7(22)2-19/h7-17,19-20,22-26H,2-5H2,1H3,(H,18,21)(H2,27,28,29)/t7-,8-,9-,10-,11+,12+,13-,14-,15+,16+,17+/m1/s1. The molecule has 0 radical (unpaired) electrons. The van der Waals surface area contributed by atoms with Crippen LogP contribution in [-0.4, -0.2) is 145 Å². The van der Waals surface area contributed by atoms with Gasteiger partial charge in [-0.3, -0.25) is 9.32 Å². The van der Waals surface area contributed by atoms with Crippen molar-refractivity contribution in [1.29, 1.82) is 0 Å². The van der Waals surface area contributed by atoms with E-state index in [1.54, 1.807) is 0 Å². The van der Waals surface area contributed by atoms with Gasteiger partial charge in [0.25, 0.3) is 0 Å². The van der Waals surface area contributed by atoms with Crippen LogP contribution in [0.4, 0.5) is 0 Å². The van der Waals surface area contributed by atoms with Gasteiger partial charge in [-0.15, -0.1) is 0 Å². The predicted octanol–water partition coefficient (Wildman–Crippen LogP) is -5.76. The first-order chi connectivity index (χ1) is 16.3. The number of phosphoric ester groups is 1. The van der Waals surface area contributed by atoms with Gasteiger partial charge in [-0.2, -0.15) is 0 Å². The van der Waals surface area contributed by atoms with Crippen LogP contribution < -0.4 is 5.32 Å².